The second kappa shape index (κ2) is 7.10. The van der Waals surface area contributed by atoms with Gasteiger partial charge in [-0.05, 0) is 31.0 Å². The number of carboxylic acids is 1. The van der Waals surface area contributed by atoms with E-state index in [9.17, 15) is 14.0 Å². The number of aromatic carboxylic acids is 1. The molecule has 0 spiro atoms. The Morgan fingerprint density at radius 3 is 2.67 bits per heavy atom. The predicted octanol–water partition coefficient (Wildman–Crippen LogP) is 3.03. The van der Waals surface area contributed by atoms with E-state index in [1.165, 1.54) is 6.07 Å². The summed E-state index contributed by atoms with van der Waals surface area (Å²) in [6.45, 7) is 0. The SMILES string of the molecule is O=C(CCCCBr)Nc1ccc(F)c(C(=O)O)c1. The lowest BCUT2D eigenvalue weighted by atomic mass is 10.2. The van der Waals surface area contributed by atoms with Crippen molar-refractivity contribution in [3.8, 4) is 0 Å². The maximum atomic E-state index is 13.1. The second-order valence-electron chi connectivity index (χ2n) is 3.69. The van der Waals surface area contributed by atoms with E-state index in [1.54, 1.807) is 0 Å². The summed E-state index contributed by atoms with van der Waals surface area (Å²) in [7, 11) is 0. The van der Waals surface area contributed by atoms with Crippen molar-refractivity contribution in [2.24, 2.45) is 0 Å². The predicted molar refractivity (Wildman–Crippen MR) is 69.6 cm³/mol. The van der Waals surface area contributed by atoms with E-state index in [1.807, 2.05) is 0 Å². The maximum Gasteiger partial charge on any atom is 0.338 e. The van der Waals surface area contributed by atoms with Crippen molar-refractivity contribution in [2.45, 2.75) is 19.3 Å². The maximum absolute atomic E-state index is 13.1. The number of hydrogen-bond donors (Lipinski definition) is 2. The summed E-state index contributed by atoms with van der Waals surface area (Å²) < 4.78 is 13.1. The van der Waals surface area contributed by atoms with Crippen LogP contribution in [-0.2, 0) is 4.79 Å². The summed E-state index contributed by atoms with van der Waals surface area (Å²) in [6, 6.07) is 3.47. The first kappa shape index (κ1) is 14.6. The van der Waals surface area contributed by atoms with Crippen LogP contribution in [0.2, 0.25) is 0 Å². The zero-order valence-electron chi connectivity index (χ0n) is 9.58. The third-order valence-corrected chi connectivity index (χ3v) is 2.83. The van der Waals surface area contributed by atoms with E-state index in [2.05, 4.69) is 21.2 Å². The lowest BCUT2D eigenvalue weighted by molar-refractivity contribution is -0.116. The van der Waals surface area contributed by atoms with Gasteiger partial charge < -0.3 is 10.4 Å². The fourth-order valence-corrected chi connectivity index (χ4v) is 1.77. The molecule has 0 saturated carbocycles. The van der Waals surface area contributed by atoms with Crippen LogP contribution in [0.1, 0.15) is 29.6 Å². The summed E-state index contributed by atoms with van der Waals surface area (Å²) in [5.74, 6) is -2.39. The van der Waals surface area contributed by atoms with Crippen molar-refractivity contribution in [2.75, 3.05) is 10.6 Å². The third kappa shape index (κ3) is 4.44. The first-order valence-electron chi connectivity index (χ1n) is 5.43. The Morgan fingerprint density at radius 2 is 2.06 bits per heavy atom. The van der Waals surface area contributed by atoms with Gasteiger partial charge in [0.15, 0.2) is 0 Å². The normalized spacial score (nSPS) is 10.1. The quantitative estimate of drug-likeness (QED) is 0.626. The molecule has 1 amide bonds. The lowest BCUT2D eigenvalue weighted by Gasteiger charge is -2.06. The molecule has 0 aliphatic rings. The Bertz CT molecular complexity index is 451. The summed E-state index contributed by atoms with van der Waals surface area (Å²) in [6.07, 6.45) is 1.98. The third-order valence-electron chi connectivity index (χ3n) is 2.27. The minimum absolute atomic E-state index is 0.209. The van der Waals surface area contributed by atoms with Gasteiger partial charge in [0.05, 0.1) is 5.56 Å². The van der Waals surface area contributed by atoms with Gasteiger partial charge in [0.1, 0.15) is 5.82 Å². The fourth-order valence-electron chi connectivity index (χ4n) is 1.37. The van der Waals surface area contributed by atoms with Gasteiger partial charge in [0.25, 0.3) is 0 Å². The molecule has 0 aliphatic carbocycles. The van der Waals surface area contributed by atoms with Crippen LogP contribution in [0.25, 0.3) is 0 Å². The first-order chi connectivity index (χ1) is 8.54. The molecule has 0 bridgehead atoms. The molecule has 1 rings (SSSR count). The minimum atomic E-state index is -1.36. The van der Waals surface area contributed by atoms with Gasteiger partial charge in [-0.2, -0.15) is 0 Å². The number of anilines is 1. The van der Waals surface area contributed by atoms with Crippen molar-refractivity contribution >= 4 is 33.5 Å². The first-order valence-corrected chi connectivity index (χ1v) is 6.55. The van der Waals surface area contributed by atoms with E-state index < -0.39 is 17.3 Å². The molecule has 98 valence electrons. The molecule has 2 N–H and O–H groups in total. The molecule has 6 heteroatoms. The van der Waals surface area contributed by atoms with Crippen LogP contribution < -0.4 is 5.32 Å². The molecule has 0 aromatic heterocycles. The van der Waals surface area contributed by atoms with Crippen LogP contribution in [0.4, 0.5) is 10.1 Å². The van der Waals surface area contributed by atoms with E-state index in [-0.39, 0.29) is 11.6 Å². The van der Waals surface area contributed by atoms with Gasteiger partial charge in [-0.1, -0.05) is 15.9 Å². The number of carboxylic acid groups (broad SMARTS) is 1. The van der Waals surface area contributed by atoms with Crippen LogP contribution in [0.15, 0.2) is 18.2 Å². The summed E-state index contributed by atoms with van der Waals surface area (Å²) >= 11 is 3.26. The number of amides is 1. The Kier molecular flexibility index (Phi) is 5.77. The average Bonchev–Trinajstić information content (AvgIpc) is 2.31. The van der Waals surface area contributed by atoms with Gasteiger partial charge in [0, 0.05) is 17.4 Å². The van der Waals surface area contributed by atoms with E-state index >= 15 is 0 Å². The van der Waals surface area contributed by atoms with E-state index in [0.717, 1.165) is 30.3 Å². The van der Waals surface area contributed by atoms with Crippen molar-refractivity contribution in [1.29, 1.82) is 0 Å². The summed E-state index contributed by atoms with van der Waals surface area (Å²) in [5.41, 5.74) is -0.161. The number of unbranched alkanes of at least 4 members (excludes halogenated alkanes) is 1. The number of alkyl halides is 1. The Balaban J connectivity index is 2.65. The van der Waals surface area contributed by atoms with Gasteiger partial charge in [-0.15, -0.1) is 0 Å². The molecule has 1 aromatic rings. The van der Waals surface area contributed by atoms with Crippen LogP contribution in [0.5, 0.6) is 0 Å². The number of benzene rings is 1. The number of rotatable bonds is 6. The van der Waals surface area contributed by atoms with Gasteiger partial charge in [0.2, 0.25) is 5.91 Å². The highest BCUT2D eigenvalue weighted by Crippen LogP contribution is 2.15. The van der Waals surface area contributed by atoms with Crippen LogP contribution >= 0.6 is 15.9 Å². The van der Waals surface area contributed by atoms with Crippen LogP contribution in [0.3, 0.4) is 0 Å². The number of carbonyl (C=O) groups is 2. The number of carbonyl (C=O) groups excluding carboxylic acids is 1. The van der Waals surface area contributed by atoms with Crippen LogP contribution in [-0.4, -0.2) is 22.3 Å². The molecule has 4 nitrogen and oxygen atoms in total. The molecule has 0 unspecified atom stereocenters. The highest BCUT2D eigenvalue weighted by atomic mass is 79.9. The van der Waals surface area contributed by atoms with Crippen molar-refractivity contribution < 1.29 is 19.1 Å². The smallest absolute Gasteiger partial charge is 0.338 e. The molecule has 0 radical (unpaired) electrons. The second-order valence-corrected chi connectivity index (χ2v) is 4.49. The zero-order valence-corrected chi connectivity index (χ0v) is 11.2. The topological polar surface area (TPSA) is 66.4 Å². The van der Waals surface area contributed by atoms with Crippen LogP contribution in [0, 0.1) is 5.82 Å². The highest BCUT2D eigenvalue weighted by Gasteiger charge is 2.11. The molecule has 1 aromatic carbocycles. The van der Waals surface area contributed by atoms with Crippen molar-refractivity contribution in [1.82, 2.24) is 0 Å². The molecule has 0 saturated heterocycles. The van der Waals surface area contributed by atoms with Gasteiger partial charge >= 0.3 is 5.97 Å². The van der Waals surface area contributed by atoms with E-state index in [0.29, 0.717) is 6.42 Å². The Morgan fingerprint density at radius 1 is 1.33 bits per heavy atom. The molecular formula is C12H13BrFNO3. The number of hydrogen-bond acceptors (Lipinski definition) is 2. The standard InChI is InChI=1S/C12H13BrFNO3/c13-6-2-1-3-11(16)15-8-4-5-10(14)9(7-8)12(17)18/h4-5,7H,1-3,6H2,(H,15,16)(H,17,18). The Hall–Kier alpha value is -1.43. The molecule has 0 aliphatic heterocycles. The highest BCUT2D eigenvalue weighted by molar-refractivity contribution is 9.09. The zero-order chi connectivity index (χ0) is 13.5. The van der Waals surface area contributed by atoms with Crippen molar-refractivity contribution in [3.63, 3.8) is 0 Å². The van der Waals surface area contributed by atoms with E-state index in [4.69, 9.17) is 5.11 Å². The van der Waals surface area contributed by atoms with Gasteiger partial charge in [-0.25, -0.2) is 9.18 Å². The molecule has 0 atom stereocenters. The van der Waals surface area contributed by atoms with Crippen molar-refractivity contribution in [3.05, 3.63) is 29.6 Å². The molecule has 0 fully saturated rings. The average molecular weight is 318 g/mol. The molecule has 0 heterocycles. The summed E-state index contributed by atoms with van der Waals surface area (Å²) in [5, 5.41) is 12.1. The fraction of sp³-hybridized carbons (Fsp3) is 0.333. The molecule has 18 heavy (non-hydrogen) atoms. The minimum Gasteiger partial charge on any atom is -0.478 e. The van der Waals surface area contributed by atoms with Gasteiger partial charge in [-0.3, -0.25) is 4.79 Å². The summed E-state index contributed by atoms with van der Waals surface area (Å²) in [4.78, 5) is 22.2. The number of halogens is 2. The lowest BCUT2D eigenvalue weighted by Crippen LogP contribution is -2.12. The number of nitrogens with one attached hydrogen (secondary N) is 1. The Labute approximate surface area is 112 Å². The monoisotopic (exact) mass is 317 g/mol. The largest absolute Gasteiger partial charge is 0.478 e. The molecular weight excluding hydrogens is 305 g/mol.